The zero-order valence-electron chi connectivity index (χ0n) is 10.6. The number of carbonyl (C=O) groups is 1. The van der Waals surface area contributed by atoms with Crippen molar-refractivity contribution in [2.45, 2.75) is 6.92 Å². The number of hydrogen-bond donors (Lipinski definition) is 1. The number of para-hydroxylation sites is 1. The molecule has 0 unspecified atom stereocenters. The van der Waals surface area contributed by atoms with Crippen LogP contribution in [0.4, 0.5) is 15.8 Å². The summed E-state index contributed by atoms with van der Waals surface area (Å²) in [4.78, 5) is 13.8. The van der Waals surface area contributed by atoms with Gasteiger partial charge in [-0.15, -0.1) is 0 Å². The van der Waals surface area contributed by atoms with Gasteiger partial charge in [-0.2, -0.15) is 0 Å². The number of anilines is 2. The monoisotopic (exact) mass is 258 g/mol. The van der Waals surface area contributed by atoms with Gasteiger partial charge in [-0.25, -0.2) is 4.39 Å². The molecule has 0 saturated carbocycles. The van der Waals surface area contributed by atoms with E-state index in [1.54, 1.807) is 49.4 Å². The summed E-state index contributed by atoms with van der Waals surface area (Å²) in [6.45, 7) is 2.19. The Morgan fingerprint density at radius 2 is 1.95 bits per heavy atom. The van der Waals surface area contributed by atoms with E-state index >= 15 is 0 Å². The van der Waals surface area contributed by atoms with E-state index < -0.39 is 5.82 Å². The van der Waals surface area contributed by atoms with Gasteiger partial charge in [0, 0.05) is 17.8 Å². The summed E-state index contributed by atoms with van der Waals surface area (Å²) in [6.07, 6.45) is 0. The lowest BCUT2D eigenvalue weighted by Crippen LogP contribution is -2.31. The maximum atomic E-state index is 13.8. The second kappa shape index (κ2) is 5.52. The van der Waals surface area contributed by atoms with E-state index in [2.05, 4.69) is 0 Å². The third kappa shape index (κ3) is 2.73. The lowest BCUT2D eigenvalue weighted by Gasteiger charge is -2.21. The minimum atomic E-state index is -0.415. The number of halogens is 1. The van der Waals surface area contributed by atoms with Crippen LogP contribution in [-0.4, -0.2) is 12.5 Å². The molecule has 0 saturated heterocycles. The molecule has 2 rings (SSSR count). The highest BCUT2D eigenvalue weighted by molar-refractivity contribution is 6.06. The molecule has 0 aliphatic rings. The average Bonchev–Trinajstić information content (AvgIpc) is 2.41. The fraction of sp³-hybridized carbons (Fsp3) is 0.133. The molecule has 1 amide bonds. The van der Waals surface area contributed by atoms with Gasteiger partial charge in [0.15, 0.2) is 0 Å². The predicted octanol–water partition coefficient (Wildman–Crippen LogP) is 3.07. The van der Waals surface area contributed by atoms with Crippen molar-refractivity contribution in [2.24, 2.45) is 0 Å². The van der Waals surface area contributed by atoms with Crippen LogP contribution in [0.2, 0.25) is 0 Å². The fourth-order valence-corrected chi connectivity index (χ4v) is 1.92. The van der Waals surface area contributed by atoms with E-state index in [0.29, 0.717) is 17.8 Å². The smallest absolute Gasteiger partial charge is 0.258 e. The van der Waals surface area contributed by atoms with E-state index in [1.165, 1.54) is 11.0 Å². The van der Waals surface area contributed by atoms with Gasteiger partial charge in [0.05, 0.1) is 5.69 Å². The summed E-state index contributed by atoms with van der Waals surface area (Å²) in [5, 5.41) is 0. The van der Waals surface area contributed by atoms with Crippen molar-refractivity contribution < 1.29 is 9.18 Å². The standard InChI is InChI=1S/C15H15FN2O/c1-2-18(14-9-4-3-8-13(14)16)15(19)11-6-5-7-12(17)10-11/h3-10H,2,17H2,1H3. The predicted molar refractivity (Wildman–Crippen MR) is 74.6 cm³/mol. The Balaban J connectivity index is 2.38. The van der Waals surface area contributed by atoms with Crippen LogP contribution in [0.15, 0.2) is 48.5 Å². The van der Waals surface area contributed by atoms with Crippen molar-refractivity contribution in [1.82, 2.24) is 0 Å². The summed E-state index contributed by atoms with van der Waals surface area (Å²) in [6, 6.07) is 12.9. The van der Waals surface area contributed by atoms with E-state index in [-0.39, 0.29) is 11.6 Å². The maximum Gasteiger partial charge on any atom is 0.258 e. The van der Waals surface area contributed by atoms with Crippen LogP contribution < -0.4 is 10.6 Å². The highest BCUT2D eigenvalue weighted by Gasteiger charge is 2.18. The number of hydrogen-bond acceptors (Lipinski definition) is 2. The lowest BCUT2D eigenvalue weighted by atomic mass is 10.1. The van der Waals surface area contributed by atoms with Gasteiger partial charge in [-0.1, -0.05) is 18.2 Å². The normalized spacial score (nSPS) is 10.2. The molecule has 0 fully saturated rings. The van der Waals surface area contributed by atoms with Gasteiger partial charge in [-0.05, 0) is 37.3 Å². The van der Waals surface area contributed by atoms with Gasteiger partial charge < -0.3 is 10.6 Å². The Hall–Kier alpha value is -2.36. The molecule has 2 aromatic rings. The van der Waals surface area contributed by atoms with Crippen molar-refractivity contribution in [3.63, 3.8) is 0 Å². The molecule has 2 aromatic carbocycles. The van der Waals surface area contributed by atoms with Gasteiger partial charge >= 0.3 is 0 Å². The molecule has 0 heterocycles. The first-order valence-corrected chi connectivity index (χ1v) is 6.05. The SMILES string of the molecule is CCN(C(=O)c1cccc(N)c1)c1ccccc1F. The molecule has 0 radical (unpaired) electrons. The lowest BCUT2D eigenvalue weighted by molar-refractivity contribution is 0.0987. The van der Waals surface area contributed by atoms with Crippen LogP contribution in [0.5, 0.6) is 0 Å². The Morgan fingerprint density at radius 3 is 2.58 bits per heavy atom. The van der Waals surface area contributed by atoms with Crippen LogP contribution >= 0.6 is 0 Å². The van der Waals surface area contributed by atoms with Crippen LogP contribution in [0.25, 0.3) is 0 Å². The summed E-state index contributed by atoms with van der Waals surface area (Å²) >= 11 is 0. The molecular weight excluding hydrogens is 243 g/mol. The third-order valence-electron chi connectivity index (χ3n) is 2.84. The van der Waals surface area contributed by atoms with E-state index in [0.717, 1.165) is 0 Å². The molecule has 0 atom stereocenters. The molecule has 19 heavy (non-hydrogen) atoms. The topological polar surface area (TPSA) is 46.3 Å². The molecular formula is C15H15FN2O. The van der Waals surface area contributed by atoms with Crippen LogP contribution in [0.3, 0.4) is 0 Å². The van der Waals surface area contributed by atoms with E-state index in [1.807, 2.05) is 0 Å². The van der Waals surface area contributed by atoms with Crippen molar-refractivity contribution in [1.29, 1.82) is 0 Å². The number of carbonyl (C=O) groups excluding carboxylic acids is 1. The van der Waals surface area contributed by atoms with Crippen molar-refractivity contribution in [3.8, 4) is 0 Å². The summed E-state index contributed by atoms with van der Waals surface area (Å²) in [5.41, 5.74) is 6.90. The number of benzene rings is 2. The summed E-state index contributed by atoms with van der Waals surface area (Å²) in [5.74, 6) is -0.679. The Labute approximate surface area is 111 Å². The Kier molecular flexibility index (Phi) is 3.80. The minimum Gasteiger partial charge on any atom is -0.399 e. The largest absolute Gasteiger partial charge is 0.399 e. The quantitative estimate of drug-likeness (QED) is 0.860. The van der Waals surface area contributed by atoms with Crippen molar-refractivity contribution in [3.05, 3.63) is 59.9 Å². The maximum absolute atomic E-state index is 13.8. The van der Waals surface area contributed by atoms with Crippen LogP contribution in [-0.2, 0) is 0 Å². The Morgan fingerprint density at radius 1 is 1.21 bits per heavy atom. The molecule has 0 aromatic heterocycles. The molecule has 0 spiro atoms. The highest BCUT2D eigenvalue weighted by Crippen LogP contribution is 2.21. The van der Waals surface area contributed by atoms with Crippen molar-refractivity contribution in [2.75, 3.05) is 17.2 Å². The van der Waals surface area contributed by atoms with Gasteiger partial charge in [0.1, 0.15) is 5.82 Å². The van der Waals surface area contributed by atoms with Gasteiger partial charge in [-0.3, -0.25) is 4.79 Å². The van der Waals surface area contributed by atoms with E-state index in [4.69, 9.17) is 5.73 Å². The first-order valence-electron chi connectivity index (χ1n) is 6.05. The van der Waals surface area contributed by atoms with E-state index in [9.17, 15) is 9.18 Å². The second-order valence-electron chi connectivity index (χ2n) is 4.13. The second-order valence-corrected chi connectivity index (χ2v) is 4.13. The fourth-order valence-electron chi connectivity index (χ4n) is 1.92. The molecule has 0 aliphatic carbocycles. The van der Waals surface area contributed by atoms with Gasteiger partial charge in [0.25, 0.3) is 5.91 Å². The number of nitrogen functional groups attached to an aromatic ring is 1. The Bertz CT molecular complexity index is 598. The first kappa shape index (κ1) is 13.1. The zero-order chi connectivity index (χ0) is 13.8. The molecule has 2 N–H and O–H groups in total. The number of nitrogens with zero attached hydrogens (tertiary/aromatic N) is 1. The van der Waals surface area contributed by atoms with Crippen LogP contribution in [0.1, 0.15) is 17.3 Å². The van der Waals surface area contributed by atoms with Gasteiger partial charge in [0.2, 0.25) is 0 Å². The molecule has 98 valence electrons. The zero-order valence-corrected chi connectivity index (χ0v) is 10.6. The minimum absolute atomic E-state index is 0.264. The number of rotatable bonds is 3. The third-order valence-corrected chi connectivity index (χ3v) is 2.84. The van der Waals surface area contributed by atoms with Crippen molar-refractivity contribution >= 4 is 17.3 Å². The molecule has 0 bridgehead atoms. The molecule has 3 nitrogen and oxygen atoms in total. The number of amides is 1. The number of nitrogens with two attached hydrogens (primary N) is 1. The van der Waals surface area contributed by atoms with Crippen LogP contribution in [0, 0.1) is 5.82 Å². The first-order chi connectivity index (χ1) is 9.13. The molecule has 4 heteroatoms. The average molecular weight is 258 g/mol. The highest BCUT2D eigenvalue weighted by atomic mass is 19.1. The molecule has 0 aliphatic heterocycles. The summed E-state index contributed by atoms with van der Waals surface area (Å²) < 4.78 is 13.8. The summed E-state index contributed by atoms with van der Waals surface area (Å²) in [7, 11) is 0.